The van der Waals surface area contributed by atoms with Gasteiger partial charge < -0.3 is 5.11 Å². The Hall–Kier alpha value is -1.38. The molecule has 3 heteroatoms. The van der Waals surface area contributed by atoms with Crippen LogP contribution in [0.2, 0.25) is 0 Å². The monoisotopic (exact) mass is 127 g/mol. The fourth-order valence-corrected chi connectivity index (χ4v) is 0.334. The average Bonchev–Trinajstić information content (AvgIpc) is 2.01. The summed E-state index contributed by atoms with van der Waals surface area (Å²) in [6.07, 6.45) is -1.20. The van der Waals surface area contributed by atoms with Gasteiger partial charge in [0.05, 0.1) is 11.0 Å². The molecule has 0 amide bonds. The summed E-state index contributed by atoms with van der Waals surface area (Å²) in [7, 11) is 0. The predicted molar refractivity (Wildman–Crippen MR) is 31.2 cm³/mol. The highest BCUT2D eigenvalue weighted by atomic mass is 16.4. The zero-order valence-electron chi connectivity index (χ0n) is 8.30. The molecule has 0 fully saturated rings. The first-order chi connectivity index (χ1) is 5.95. The predicted octanol–water partition coefficient (Wildman–Crippen LogP) is 0.780. The van der Waals surface area contributed by atoms with Gasteiger partial charge in [0, 0.05) is 12.3 Å². The van der Waals surface area contributed by atoms with Crippen molar-refractivity contribution in [2.45, 2.75) is 0 Å². The largest absolute Gasteiger partial charge is 0.478 e. The van der Waals surface area contributed by atoms with Crippen molar-refractivity contribution in [2.75, 3.05) is 0 Å². The highest BCUT2D eigenvalue weighted by molar-refractivity contribution is 5.87. The van der Waals surface area contributed by atoms with Crippen molar-refractivity contribution in [3.8, 4) is 0 Å². The Morgan fingerprint density at radius 3 is 2.67 bits per heavy atom. The minimum Gasteiger partial charge on any atom is -0.478 e. The highest BCUT2D eigenvalue weighted by Crippen LogP contribution is 1.93. The Morgan fingerprint density at radius 1 is 1.67 bits per heavy atom. The van der Waals surface area contributed by atoms with E-state index in [-0.39, 0.29) is 0 Å². The van der Waals surface area contributed by atoms with E-state index in [1.54, 1.807) is 0 Å². The molecule has 0 aromatic carbocycles. The molecule has 3 nitrogen and oxygen atoms in total. The van der Waals surface area contributed by atoms with Gasteiger partial charge in [-0.05, 0) is 12.1 Å². The standard InChI is InChI=1S/C6H5NO2/c8-6(9)5-1-3-7-4-2-5/h1-4H,(H,8,9)/i1D,2D,3D,4D. The van der Waals surface area contributed by atoms with Gasteiger partial charge in [0.25, 0.3) is 0 Å². The first kappa shape index (κ1) is 2.47. The van der Waals surface area contributed by atoms with Crippen LogP contribution in [0.15, 0.2) is 24.4 Å². The van der Waals surface area contributed by atoms with Crippen molar-refractivity contribution in [1.82, 2.24) is 4.98 Å². The maximum absolute atomic E-state index is 10.5. The maximum Gasteiger partial charge on any atom is 0.335 e. The summed E-state index contributed by atoms with van der Waals surface area (Å²) in [4.78, 5) is 13.7. The summed E-state index contributed by atoms with van der Waals surface area (Å²) in [6.45, 7) is 0. The molecule has 9 heavy (non-hydrogen) atoms. The highest BCUT2D eigenvalue weighted by Gasteiger charge is 1.97. The number of aromatic carboxylic acids is 1. The Balaban J connectivity index is 3.56. The van der Waals surface area contributed by atoms with Gasteiger partial charge in [-0.2, -0.15) is 0 Å². The lowest BCUT2D eigenvalue weighted by Crippen LogP contribution is -1.94. The van der Waals surface area contributed by atoms with Gasteiger partial charge in [-0.1, -0.05) is 0 Å². The van der Waals surface area contributed by atoms with E-state index < -0.39 is 36.0 Å². The van der Waals surface area contributed by atoms with E-state index in [4.69, 9.17) is 10.6 Å². The summed E-state index contributed by atoms with van der Waals surface area (Å²) >= 11 is 0. The minimum absolute atomic E-state index is 0.599. The van der Waals surface area contributed by atoms with Gasteiger partial charge in [-0.15, -0.1) is 0 Å². The summed E-state index contributed by atoms with van der Waals surface area (Å²) < 4.78 is 28.3. The summed E-state index contributed by atoms with van der Waals surface area (Å²) in [6, 6.07) is -1.26. The van der Waals surface area contributed by atoms with Crippen LogP contribution in [0.4, 0.5) is 0 Å². The molecule has 0 aliphatic heterocycles. The van der Waals surface area contributed by atoms with E-state index in [2.05, 4.69) is 4.98 Å². The van der Waals surface area contributed by atoms with Gasteiger partial charge in [0.1, 0.15) is 0 Å². The van der Waals surface area contributed by atoms with E-state index in [0.29, 0.717) is 0 Å². The van der Waals surface area contributed by atoms with Crippen LogP contribution in [-0.2, 0) is 0 Å². The summed E-state index contributed by atoms with van der Waals surface area (Å²) in [5, 5.41) is 8.56. The molecule has 0 unspecified atom stereocenters. The lowest BCUT2D eigenvalue weighted by atomic mass is 10.3. The third-order valence-electron chi connectivity index (χ3n) is 0.687. The maximum atomic E-state index is 10.5. The van der Waals surface area contributed by atoms with E-state index in [1.807, 2.05) is 0 Å². The second kappa shape index (κ2) is 2.26. The summed E-state index contributed by atoms with van der Waals surface area (Å²) in [5.41, 5.74) is -0.648. The molecule has 0 saturated heterocycles. The molecule has 0 saturated carbocycles. The van der Waals surface area contributed by atoms with Crippen LogP contribution < -0.4 is 0 Å². The number of hydrogen-bond acceptors (Lipinski definition) is 2. The average molecular weight is 127 g/mol. The zero-order valence-corrected chi connectivity index (χ0v) is 4.30. The first-order valence-corrected chi connectivity index (χ1v) is 2.12. The molecule has 1 rings (SSSR count). The number of nitrogens with zero attached hydrogens (tertiary/aromatic N) is 1. The van der Waals surface area contributed by atoms with Gasteiger partial charge in [0.15, 0.2) is 0 Å². The van der Waals surface area contributed by atoms with Gasteiger partial charge in [0.2, 0.25) is 0 Å². The number of carboxylic acids is 1. The molecule has 46 valence electrons. The molecule has 0 bridgehead atoms. The van der Waals surface area contributed by atoms with E-state index in [9.17, 15) is 4.79 Å². The van der Waals surface area contributed by atoms with Gasteiger partial charge >= 0.3 is 5.97 Å². The SMILES string of the molecule is [2H]c1nc([2H])c([2H])c(C(=O)O)c1[2H]. The van der Waals surface area contributed by atoms with Crippen molar-refractivity contribution >= 4 is 5.97 Å². The molecule has 0 aliphatic rings. The van der Waals surface area contributed by atoms with Gasteiger partial charge in [-0.25, -0.2) is 4.79 Å². The van der Waals surface area contributed by atoms with Crippen molar-refractivity contribution in [1.29, 1.82) is 0 Å². The van der Waals surface area contributed by atoms with Crippen LogP contribution >= 0.6 is 0 Å². The van der Waals surface area contributed by atoms with Crippen molar-refractivity contribution in [2.24, 2.45) is 0 Å². The number of hydrogen-bond donors (Lipinski definition) is 1. The number of carbonyl (C=O) groups is 1. The molecule has 0 atom stereocenters. The number of carboxylic acid groups (broad SMARTS) is 1. The molecule has 1 aromatic rings. The van der Waals surface area contributed by atoms with Crippen molar-refractivity contribution in [3.05, 3.63) is 30.0 Å². The van der Waals surface area contributed by atoms with Crippen LogP contribution in [0, 0.1) is 0 Å². The van der Waals surface area contributed by atoms with Crippen LogP contribution in [0.1, 0.15) is 15.8 Å². The third kappa shape index (κ3) is 1.25. The molecular formula is C6H5NO2. The lowest BCUT2D eigenvalue weighted by molar-refractivity contribution is 0.0697. The van der Waals surface area contributed by atoms with Crippen LogP contribution in [0.3, 0.4) is 0 Å². The second-order valence-electron chi connectivity index (χ2n) is 1.27. The number of pyridine rings is 1. The second-order valence-corrected chi connectivity index (χ2v) is 1.27. The Morgan fingerprint density at radius 2 is 2.22 bits per heavy atom. The molecular weight excluding hydrogens is 118 g/mol. The summed E-state index contributed by atoms with van der Waals surface area (Å²) in [5.74, 6) is -1.49. The Bertz CT molecular complexity index is 353. The molecule has 0 aliphatic carbocycles. The molecule has 1 aromatic heterocycles. The Labute approximate surface area is 57.6 Å². The lowest BCUT2D eigenvalue weighted by Gasteiger charge is -1.87. The number of aromatic nitrogens is 1. The van der Waals surface area contributed by atoms with Crippen LogP contribution in [-0.4, -0.2) is 16.1 Å². The van der Waals surface area contributed by atoms with Crippen LogP contribution in [0.5, 0.6) is 0 Å². The Kier molecular flexibility index (Phi) is 0.621. The third-order valence-corrected chi connectivity index (χ3v) is 0.687. The molecule has 0 radical (unpaired) electrons. The van der Waals surface area contributed by atoms with Crippen LogP contribution in [0.25, 0.3) is 0 Å². The number of rotatable bonds is 1. The van der Waals surface area contributed by atoms with E-state index >= 15 is 0 Å². The van der Waals surface area contributed by atoms with Crippen molar-refractivity contribution in [3.63, 3.8) is 0 Å². The fourth-order valence-electron chi connectivity index (χ4n) is 0.334. The quantitative estimate of drug-likeness (QED) is 0.606. The normalized spacial score (nSPS) is 15.1. The fraction of sp³-hybridized carbons (Fsp3) is 0. The molecule has 1 heterocycles. The zero-order chi connectivity index (χ0) is 10.2. The minimum atomic E-state index is -1.49. The van der Waals surface area contributed by atoms with Gasteiger partial charge in [-0.3, -0.25) is 4.98 Å². The van der Waals surface area contributed by atoms with E-state index in [0.717, 1.165) is 0 Å². The smallest absolute Gasteiger partial charge is 0.335 e. The molecule has 1 N–H and O–H groups in total. The van der Waals surface area contributed by atoms with E-state index in [1.165, 1.54) is 0 Å². The topological polar surface area (TPSA) is 50.2 Å². The first-order valence-electron chi connectivity index (χ1n) is 4.12. The van der Waals surface area contributed by atoms with Crippen molar-refractivity contribution < 1.29 is 15.4 Å². The molecule has 0 spiro atoms.